The van der Waals surface area contributed by atoms with Crippen LogP contribution in [0.1, 0.15) is 67.2 Å². The molecule has 0 saturated carbocycles. The van der Waals surface area contributed by atoms with Gasteiger partial charge in [0.1, 0.15) is 0 Å². The summed E-state index contributed by atoms with van der Waals surface area (Å²) < 4.78 is 0. The largest absolute Gasteiger partial charge is 0.145 e. The first kappa shape index (κ1) is 14.3. The summed E-state index contributed by atoms with van der Waals surface area (Å²) in [6, 6.07) is 2.20. The van der Waals surface area contributed by atoms with Crippen molar-refractivity contribution in [1.82, 2.24) is 0 Å². The first-order chi connectivity index (χ1) is 8.24. The zero-order chi connectivity index (χ0) is 12.5. The maximum atomic E-state index is 3.30. The Labute approximate surface area is 110 Å². The van der Waals surface area contributed by atoms with Crippen molar-refractivity contribution in [3.05, 3.63) is 21.4 Å². The van der Waals surface area contributed by atoms with Crippen molar-refractivity contribution in [3.8, 4) is 11.8 Å². The molecule has 94 valence electrons. The quantitative estimate of drug-likeness (QED) is 0.463. The van der Waals surface area contributed by atoms with Crippen molar-refractivity contribution in [2.45, 2.75) is 65.7 Å². The number of hydrogen-bond acceptors (Lipinski definition) is 1. The second-order valence-electron chi connectivity index (χ2n) is 4.65. The second kappa shape index (κ2) is 8.37. The van der Waals surface area contributed by atoms with Crippen LogP contribution in [0, 0.1) is 25.7 Å². The molecule has 1 heterocycles. The van der Waals surface area contributed by atoms with E-state index in [1.54, 1.807) is 0 Å². The molecule has 0 N–H and O–H groups in total. The van der Waals surface area contributed by atoms with Crippen LogP contribution in [0.3, 0.4) is 0 Å². The molecule has 17 heavy (non-hydrogen) atoms. The van der Waals surface area contributed by atoms with Crippen LogP contribution in [-0.2, 0) is 0 Å². The van der Waals surface area contributed by atoms with E-state index in [0.29, 0.717) is 0 Å². The third kappa shape index (κ3) is 5.94. The van der Waals surface area contributed by atoms with E-state index in [9.17, 15) is 0 Å². The van der Waals surface area contributed by atoms with Crippen molar-refractivity contribution in [2.24, 2.45) is 0 Å². The van der Waals surface area contributed by atoms with Crippen LogP contribution in [0.5, 0.6) is 0 Å². The molecule has 0 aliphatic rings. The van der Waals surface area contributed by atoms with Crippen molar-refractivity contribution in [3.63, 3.8) is 0 Å². The highest BCUT2D eigenvalue weighted by Gasteiger charge is 1.97. The van der Waals surface area contributed by atoms with Gasteiger partial charge in [-0.3, -0.25) is 0 Å². The minimum absolute atomic E-state index is 1.06. The van der Waals surface area contributed by atoms with Gasteiger partial charge >= 0.3 is 0 Å². The zero-order valence-electron chi connectivity index (χ0n) is 11.4. The summed E-state index contributed by atoms with van der Waals surface area (Å²) >= 11 is 1.84. The Morgan fingerprint density at radius 2 is 1.76 bits per heavy atom. The number of thiophene rings is 1. The molecule has 0 nitrogen and oxygen atoms in total. The third-order valence-corrected chi connectivity index (χ3v) is 3.89. The standard InChI is InChI=1S/C16H24S/c1-4-5-6-7-8-9-10-11-12-16-13-14(2)17-15(16)3/h13H,4-10H2,1-3H3. The summed E-state index contributed by atoms with van der Waals surface area (Å²) in [6.45, 7) is 6.57. The normalized spacial score (nSPS) is 10.1. The fourth-order valence-electron chi connectivity index (χ4n) is 1.91. The van der Waals surface area contributed by atoms with E-state index in [1.165, 1.54) is 53.8 Å². The van der Waals surface area contributed by atoms with Crippen LogP contribution in [0.25, 0.3) is 0 Å². The van der Waals surface area contributed by atoms with Crippen LogP contribution in [-0.4, -0.2) is 0 Å². The minimum atomic E-state index is 1.06. The van der Waals surface area contributed by atoms with Gasteiger partial charge in [0.05, 0.1) is 0 Å². The molecule has 0 unspecified atom stereocenters. The Morgan fingerprint density at radius 1 is 1.06 bits per heavy atom. The molecule has 0 amide bonds. The summed E-state index contributed by atoms with van der Waals surface area (Å²) in [5.74, 6) is 6.60. The summed E-state index contributed by atoms with van der Waals surface area (Å²) in [4.78, 5) is 2.73. The van der Waals surface area contributed by atoms with Crippen LogP contribution < -0.4 is 0 Å². The molecule has 0 radical (unpaired) electrons. The monoisotopic (exact) mass is 248 g/mol. The number of aryl methyl sites for hydroxylation is 2. The predicted molar refractivity (Wildman–Crippen MR) is 78.7 cm³/mol. The van der Waals surface area contributed by atoms with Gasteiger partial charge in [0.2, 0.25) is 0 Å². The number of hydrogen-bond donors (Lipinski definition) is 0. The molecular weight excluding hydrogens is 224 g/mol. The molecule has 0 saturated heterocycles. The SMILES string of the molecule is CCCCCCCCC#Cc1cc(C)sc1C. The highest BCUT2D eigenvalue weighted by molar-refractivity contribution is 7.12. The van der Waals surface area contributed by atoms with Crippen LogP contribution >= 0.6 is 11.3 Å². The van der Waals surface area contributed by atoms with Crippen molar-refractivity contribution >= 4 is 11.3 Å². The Kier molecular flexibility index (Phi) is 7.05. The average Bonchev–Trinajstić information content (AvgIpc) is 2.61. The van der Waals surface area contributed by atoms with Crippen LogP contribution in [0.2, 0.25) is 0 Å². The van der Waals surface area contributed by atoms with Gasteiger partial charge in [-0.1, -0.05) is 50.9 Å². The topological polar surface area (TPSA) is 0 Å². The Morgan fingerprint density at radius 3 is 2.41 bits per heavy atom. The highest BCUT2D eigenvalue weighted by atomic mass is 32.1. The van der Waals surface area contributed by atoms with E-state index in [1.807, 2.05) is 11.3 Å². The average molecular weight is 248 g/mol. The number of unbranched alkanes of at least 4 members (excludes halogenated alkanes) is 6. The van der Waals surface area contributed by atoms with E-state index < -0.39 is 0 Å². The van der Waals surface area contributed by atoms with Gasteiger partial charge in [-0.2, -0.15) is 0 Å². The smallest absolute Gasteiger partial charge is 0.0384 e. The van der Waals surface area contributed by atoms with Crippen molar-refractivity contribution < 1.29 is 0 Å². The summed E-state index contributed by atoms with van der Waals surface area (Å²) in [5.41, 5.74) is 1.23. The molecule has 0 aromatic carbocycles. The fourth-order valence-corrected chi connectivity index (χ4v) is 2.79. The molecule has 1 aromatic heterocycles. The molecule has 1 heteroatoms. The zero-order valence-corrected chi connectivity index (χ0v) is 12.3. The highest BCUT2D eigenvalue weighted by Crippen LogP contribution is 2.19. The molecular formula is C16H24S. The van der Waals surface area contributed by atoms with Gasteiger partial charge in [-0.15, -0.1) is 11.3 Å². The van der Waals surface area contributed by atoms with E-state index in [4.69, 9.17) is 0 Å². The van der Waals surface area contributed by atoms with E-state index in [-0.39, 0.29) is 0 Å². The summed E-state index contributed by atoms with van der Waals surface area (Å²) in [7, 11) is 0. The van der Waals surface area contributed by atoms with Gasteiger partial charge < -0.3 is 0 Å². The maximum absolute atomic E-state index is 3.30. The van der Waals surface area contributed by atoms with E-state index in [2.05, 4.69) is 38.7 Å². The first-order valence-corrected chi connectivity index (χ1v) is 7.61. The van der Waals surface area contributed by atoms with Gasteiger partial charge in [-0.25, -0.2) is 0 Å². The lowest BCUT2D eigenvalue weighted by atomic mass is 10.1. The van der Waals surface area contributed by atoms with E-state index >= 15 is 0 Å². The molecule has 0 aliphatic carbocycles. The minimum Gasteiger partial charge on any atom is -0.145 e. The maximum Gasteiger partial charge on any atom is 0.0384 e. The molecule has 1 rings (SSSR count). The lowest BCUT2D eigenvalue weighted by molar-refractivity contribution is 0.614. The molecule has 1 aromatic rings. The Balaban J connectivity index is 2.16. The third-order valence-electron chi connectivity index (χ3n) is 2.92. The molecule has 0 spiro atoms. The number of rotatable bonds is 6. The van der Waals surface area contributed by atoms with Gasteiger partial charge in [-0.05, 0) is 26.3 Å². The molecule has 0 aliphatic heterocycles. The molecule has 0 atom stereocenters. The molecule has 0 bridgehead atoms. The first-order valence-electron chi connectivity index (χ1n) is 6.80. The molecule has 0 fully saturated rings. The van der Waals surface area contributed by atoms with Crippen LogP contribution in [0.4, 0.5) is 0 Å². The van der Waals surface area contributed by atoms with Gasteiger partial charge in [0.25, 0.3) is 0 Å². The van der Waals surface area contributed by atoms with Crippen molar-refractivity contribution in [1.29, 1.82) is 0 Å². The van der Waals surface area contributed by atoms with Crippen LogP contribution in [0.15, 0.2) is 6.07 Å². The fraction of sp³-hybridized carbons (Fsp3) is 0.625. The summed E-state index contributed by atoms with van der Waals surface area (Å²) in [5, 5.41) is 0. The Bertz CT molecular complexity index is 376. The lowest BCUT2D eigenvalue weighted by Crippen LogP contribution is -1.78. The Hall–Kier alpha value is -0.740. The van der Waals surface area contributed by atoms with E-state index in [0.717, 1.165) is 6.42 Å². The van der Waals surface area contributed by atoms with Crippen molar-refractivity contribution in [2.75, 3.05) is 0 Å². The van der Waals surface area contributed by atoms with Gasteiger partial charge in [0, 0.05) is 21.7 Å². The predicted octanol–water partition coefficient (Wildman–Crippen LogP) is 5.47. The second-order valence-corrected chi connectivity index (χ2v) is 6.11. The summed E-state index contributed by atoms with van der Waals surface area (Å²) in [6.07, 6.45) is 9.16. The lowest BCUT2D eigenvalue weighted by Gasteiger charge is -1.96. The van der Waals surface area contributed by atoms with Gasteiger partial charge in [0.15, 0.2) is 0 Å².